The number of carbonyl (C=O) groups excluding carboxylic acids is 1. The molecule has 1 amide bonds. The predicted molar refractivity (Wildman–Crippen MR) is 64.9 cm³/mol. The minimum Gasteiger partial charge on any atom is -0.355 e. The first-order valence-corrected chi connectivity index (χ1v) is 6.65. The van der Waals surface area contributed by atoms with Crippen molar-refractivity contribution < 1.29 is 4.79 Å². The second-order valence-corrected chi connectivity index (χ2v) is 5.83. The number of carbonyl (C=O) groups is 1. The molecule has 3 heteroatoms. The normalized spacial score (nSPS) is 32.1. The number of amides is 1. The third kappa shape index (κ3) is 2.24. The van der Waals surface area contributed by atoms with E-state index in [0.29, 0.717) is 12.5 Å². The van der Waals surface area contributed by atoms with Gasteiger partial charge >= 0.3 is 0 Å². The molecule has 2 aliphatic carbocycles. The van der Waals surface area contributed by atoms with Crippen molar-refractivity contribution in [1.29, 1.82) is 0 Å². The van der Waals surface area contributed by atoms with E-state index in [0.717, 1.165) is 31.7 Å². The molecule has 2 atom stereocenters. The first-order valence-electron chi connectivity index (χ1n) is 6.65. The summed E-state index contributed by atoms with van der Waals surface area (Å²) in [4.78, 5) is 12.0. The van der Waals surface area contributed by atoms with Crippen molar-refractivity contribution in [3.63, 3.8) is 0 Å². The second kappa shape index (κ2) is 4.74. The Morgan fingerprint density at radius 1 is 1.44 bits per heavy atom. The molecule has 0 aliphatic heterocycles. The number of hydrogen-bond acceptors (Lipinski definition) is 2. The maximum Gasteiger partial charge on any atom is 0.227 e. The van der Waals surface area contributed by atoms with Crippen molar-refractivity contribution in [1.82, 2.24) is 5.32 Å². The first kappa shape index (κ1) is 11.9. The van der Waals surface area contributed by atoms with Crippen LogP contribution in [0.1, 0.15) is 45.4 Å². The molecule has 16 heavy (non-hydrogen) atoms. The summed E-state index contributed by atoms with van der Waals surface area (Å²) in [7, 11) is 0. The Bertz CT molecular complexity index is 255. The van der Waals surface area contributed by atoms with Gasteiger partial charge in [0, 0.05) is 13.1 Å². The molecule has 2 unspecified atom stereocenters. The molecular formula is C13H24N2O. The first-order chi connectivity index (χ1) is 7.66. The summed E-state index contributed by atoms with van der Waals surface area (Å²) in [5.41, 5.74) is 5.51. The minimum absolute atomic E-state index is 0.204. The van der Waals surface area contributed by atoms with Crippen molar-refractivity contribution in [2.45, 2.75) is 45.4 Å². The molecular weight excluding hydrogens is 200 g/mol. The molecule has 2 saturated carbocycles. The van der Waals surface area contributed by atoms with Crippen molar-refractivity contribution in [3.8, 4) is 0 Å². The molecule has 0 saturated heterocycles. The van der Waals surface area contributed by atoms with Crippen LogP contribution in [0.3, 0.4) is 0 Å². The van der Waals surface area contributed by atoms with E-state index in [2.05, 4.69) is 12.2 Å². The lowest BCUT2D eigenvalue weighted by molar-refractivity contribution is -0.135. The van der Waals surface area contributed by atoms with Gasteiger partial charge in [-0.3, -0.25) is 4.79 Å². The molecule has 2 aliphatic rings. The zero-order valence-electron chi connectivity index (χ0n) is 10.3. The SMILES string of the molecule is CC1CCC(CNC(=O)C2(CN)CCC2)C1. The standard InChI is InChI=1S/C13H24N2O/c1-10-3-4-11(7-10)8-15-12(16)13(9-14)5-2-6-13/h10-11H,2-9,14H2,1H3,(H,15,16). The maximum atomic E-state index is 12.0. The van der Waals surface area contributed by atoms with Gasteiger partial charge in [-0.25, -0.2) is 0 Å². The summed E-state index contributed by atoms with van der Waals surface area (Å²) in [5, 5.41) is 3.12. The lowest BCUT2D eigenvalue weighted by Crippen LogP contribution is -2.51. The quantitative estimate of drug-likeness (QED) is 0.763. The molecule has 92 valence electrons. The number of nitrogens with one attached hydrogen (secondary N) is 1. The van der Waals surface area contributed by atoms with Gasteiger partial charge in [-0.1, -0.05) is 19.8 Å². The molecule has 0 radical (unpaired) electrons. The van der Waals surface area contributed by atoms with E-state index in [1.807, 2.05) is 0 Å². The molecule has 3 nitrogen and oxygen atoms in total. The summed E-state index contributed by atoms with van der Waals surface area (Å²) in [6, 6.07) is 0. The highest BCUT2D eigenvalue weighted by Crippen LogP contribution is 2.40. The van der Waals surface area contributed by atoms with Gasteiger partial charge in [-0.2, -0.15) is 0 Å². The van der Waals surface area contributed by atoms with Gasteiger partial charge in [-0.15, -0.1) is 0 Å². The van der Waals surface area contributed by atoms with Crippen LogP contribution < -0.4 is 11.1 Å². The van der Waals surface area contributed by atoms with Crippen LogP contribution in [0.5, 0.6) is 0 Å². The second-order valence-electron chi connectivity index (χ2n) is 5.83. The lowest BCUT2D eigenvalue weighted by atomic mass is 9.68. The van der Waals surface area contributed by atoms with Crippen LogP contribution in [0.2, 0.25) is 0 Å². The van der Waals surface area contributed by atoms with Crippen molar-refractivity contribution in [3.05, 3.63) is 0 Å². The van der Waals surface area contributed by atoms with Gasteiger partial charge in [0.2, 0.25) is 5.91 Å². The average Bonchev–Trinajstić information content (AvgIpc) is 2.60. The zero-order chi connectivity index (χ0) is 11.6. The van der Waals surface area contributed by atoms with E-state index >= 15 is 0 Å². The maximum absolute atomic E-state index is 12.0. The molecule has 0 bridgehead atoms. The topological polar surface area (TPSA) is 55.1 Å². The Morgan fingerprint density at radius 3 is 2.62 bits per heavy atom. The summed E-state index contributed by atoms with van der Waals surface area (Å²) in [6.45, 7) is 3.68. The average molecular weight is 224 g/mol. The highest BCUT2D eigenvalue weighted by molar-refractivity contribution is 5.83. The van der Waals surface area contributed by atoms with Crippen molar-refractivity contribution in [2.24, 2.45) is 23.0 Å². The van der Waals surface area contributed by atoms with Gasteiger partial charge in [0.05, 0.1) is 5.41 Å². The highest BCUT2D eigenvalue weighted by atomic mass is 16.2. The van der Waals surface area contributed by atoms with Gasteiger partial charge in [0.25, 0.3) is 0 Å². The Hall–Kier alpha value is -0.570. The molecule has 2 fully saturated rings. The van der Waals surface area contributed by atoms with Crippen LogP contribution in [-0.4, -0.2) is 19.0 Å². The van der Waals surface area contributed by atoms with Gasteiger partial charge in [0.15, 0.2) is 0 Å². The molecule has 0 spiro atoms. The fourth-order valence-electron chi connectivity index (χ4n) is 3.06. The number of hydrogen-bond donors (Lipinski definition) is 2. The van der Waals surface area contributed by atoms with E-state index in [1.54, 1.807) is 0 Å². The van der Waals surface area contributed by atoms with Crippen LogP contribution in [0, 0.1) is 17.3 Å². The fourth-order valence-corrected chi connectivity index (χ4v) is 3.06. The third-order valence-corrected chi connectivity index (χ3v) is 4.54. The predicted octanol–water partition coefficient (Wildman–Crippen LogP) is 1.67. The van der Waals surface area contributed by atoms with Crippen molar-refractivity contribution >= 4 is 5.91 Å². The van der Waals surface area contributed by atoms with E-state index in [4.69, 9.17) is 5.73 Å². The molecule has 0 heterocycles. The summed E-state index contributed by atoms with van der Waals surface area (Å²) >= 11 is 0. The summed E-state index contributed by atoms with van der Waals surface area (Å²) < 4.78 is 0. The lowest BCUT2D eigenvalue weighted by Gasteiger charge is -2.39. The molecule has 0 aromatic carbocycles. The Labute approximate surface area is 98.2 Å². The van der Waals surface area contributed by atoms with Crippen molar-refractivity contribution in [2.75, 3.05) is 13.1 Å². The molecule has 0 aromatic rings. The van der Waals surface area contributed by atoms with Crippen LogP contribution in [0.15, 0.2) is 0 Å². The van der Waals surface area contributed by atoms with E-state index in [1.165, 1.54) is 19.3 Å². The van der Waals surface area contributed by atoms with Crippen LogP contribution in [-0.2, 0) is 4.79 Å². The monoisotopic (exact) mass is 224 g/mol. The molecule has 3 N–H and O–H groups in total. The van der Waals surface area contributed by atoms with Gasteiger partial charge < -0.3 is 11.1 Å². The largest absolute Gasteiger partial charge is 0.355 e. The zero-order valence-corrected chi connectivity index (χ0v) is 10.3. The smallest absolute Gasteiger partial charge is 0.227 e. The molecule has 0 aromatic heterocycles. The Balaban J connectivity index is 1.75. The minimum atomic E-state index is -0.204. The van der Waals surface area contributed by atoms with E-state index in [9.17, 15) is 4.79 Å². The number of nitrogens with two attached hydrogens (primary N) is 1. The van der Waals surface area contributed by atoms with Crippen LogP contribution in [0.25, 0.3) is 0 Å². The fraction of sp³-hybridized carbons (Fsp3) is 0.923. The van der Waals surface area contributed by atoms with E-state index < -0.39 is 0 Å². The number of rotatable bonds is 4. The third-order valence-electron chi connectivity index (χ3n) is 4.54. The Morgan fingerprint density at radius 2 is 2.19 bits per heavy atom. The van der Waals surface area contributed by atoms with Crippen LogP contribution >= 0.6 is 0 Å². The summed E-state index contributed by atoms with van der Waals surface area (Å²) in [5.74, 6) is 1.75. The Kier molecular flexibility index (Phi) is 3.53. The van der Waals surface area contributed by atoms with Gasteiger partial charge in [0.1, 0.15) is 0 Å². The van der Waals surface area contributed by atoms with Crippen LogP contribution in [0.4, 0.5) is 0 Å². The highest BCUT2D eigenvalue weighted by Gasteiger charge is 2.42. The van der Waals surface area contributed by atoms with Gasteiger partial charge in [-0.05, 0) is 37.5 Å². The van der Waals surface area contributed by atoms with E-state index in [-0.39, 0.29) is 11.3 Å². The summed E-state index contributed by atoms with van der Waals surface area (Å²) in [6.07, 6.45) is 6.99. The molecule has 2 rings (SSSR count).